The Bertz CT molecular complexity index is 1350. The second-order valence-corrected chi connectivity index (χ2v) is 10.7. The fourth-order valence-corrected chi connectivity index (χ4v) is 5.22. The van der Waals surface area contributed by atoms with E-state index in [1.54, 1.807) is 30.3 Å². The zero-order valence-corrected chi connectivity index (χ0v) is 20.4. The lowest BCUT2D eigenvalue weighted by atomic mass is 9.93. The highest BCUT2D eigenvalue weighted by Gasteiger charge is 2.26. The lowest BCUT2D eigenvalue weighted by Gasteiger charge is -2.15. The maximum absolute atomic E-state index is 13.6. The monoisotopic (exact) mass is 504 g/mol. The fourth-order valence-electron chi connectivity index (χ4n) is 4.45. The molecule has 1 aliphatic carbocycles. The molecule has 0 heterocycles. The highest BCUT2D eigenvalue weighted by atomic mass is 32.2. The smallest absolute Gasteiger partial charge is 0.270 e. The van der Waals surface area contributed by atoms with Crippen molar-refractivity contribution in [1.82, 2.24) is 4.72 Å². The zero-order chi connectivity index (χ0) is 24.7. The van der Waals surface area contributed by atoms with E-state index in [4.69, 9.17) is 0 Å². The molecular formula is C26H27F3N2O3S. The number of carbonyl (C=O) groups excluding carboxylic acids is 1. The maximum atomic E-state index is 13.6. The van der Waals surface area contributed by atoms with Crippen molar-refractivity contribution in [2.45, 2.75) is 38.7 Å². The van der Waals surface area contributed by atoms with Gasteiger partial charge in [-0.1, -0.05) is 42.5 Å². The normalized spacial score (nSPS) is 15.3. The number of hydrogen-bond donors (Lipinski definition) is 2. The van der Waals surface area contributed by atoms with Crippen LogP contribution in [0.5, 0.6) is 0 Å². The number of carbonyl (C=O) groups is 1. The Hall–Kier alpha value is -3.17. The molecule has 0 spiro atoms. The van der Waals surface area contributed by atoms with Crippen LogP contribution in [0.15, 0.2) is 60.7 Å². The number of aryl methyl sites for hydroxylation is 1. The summed E-state index contributed by atoms with van der Waals surface area (Å²) in [6.45, 7) is 2.73. The van der Waals surface area contributed by atoms with Crippen LogP contribution in [-0.2, 0) is 28.8 Å². The summed E-state index contributed by atoms with van der Waals surface area (Å²) < 4.78 is 53.0. The Morgan fingerprint density at radius 3 is 2.29 bits per heavy atom. The van der Waals surface area contributed by atoms with E-state index in [-0.39, 0.29) is 22.2 Å². The Morgan fingerprint density at radius 1 is 1.00 bits per heavy atom. The number of alkyl halides is 2. The van der Waals surface area contributed by atoms with Gasteiger partial charge >= 0.3 is 0 Å². The van der Waals surface area contributed by atoms with Crippen LogP contribution < -0.4 is 10.0 Å². The Kier molecular flexibility index (Phi) is 7.42. The molecule has 186 valence electrons. The summed E-state index contributed by atoms with van der Waals surface area (Å²) >= 11 is 0. The summed E-state index contributed by atoms with van der Waals surface area (Å²) in [4.78, 5) is 13.2. The third-order valence-electron chi connectivity index (χ3n) is 5.98. The summed E-state index contributed by atoms with van der Waals surface area (Å²) in [5.74, 6) is -3.25. The van der Waals surface area contributed by atoms with Crippen molar-refractivity contribution in [2.75, 3.05) is 11.6 Å². The number of sulfonamides is 1. The van der Waals surface area contributed by atoms with Gasteiger partial charge in [0.2, 0.25) is 10.0 Å². The van der Waals surface area contributed by atoms with Gasteiger partial charge in [-0.25, -0.2) is 21.9 Å². The standard InChI is InChI=1S/C26H26F2N2O3S.FH/c1-16-5-4-6-23(24(16)17-7-10-20(11-8-17)26(2,27)28)25(31)29-21-12-9-18-13-22(15-19(18)14-21)30-34(3,32)33;/h4-12,14,22,30H,13,15H2,1-3H3,(H,29,31);1H/t22-;/m0./s1. The van der Waals surface area contributed by atoms with Crippen molar-refractivity contribution in [3.8, 4) is 11.1 Å². The molecule has 9 heteroatoms. The molecule has 2 N–H and O–H groups in total. The van der Waals surface area contributed by atoms with Gasteiger partial charge in [0.15, 0.2) is 0 Å². The molecule has 3 aromatic rings. The second kappa shape index (κ2) is 9.83. The Morgan fingerprint density at radius 2 is 1.66 bits per heavy atom. The van der Waals surface area contributed by atoms with Gasteiger partial charge in [-0.2, -0.15) is 0 Å². The average Bonchev–Trinajstić information content (AvgIpc) is 3.12. The van der Waals surface area contributed by atoms with Crippen LogP contribution in [-0.4, -0.2) is 26.6 Å². The van der Waals surface area contributed by atoms with Crippen LogP contribution in [0.1, 0.15) is 39.5 Å². The van der Waals surface area contributed by atoms with E-state index >= 15 is 0 Å². The molecule has 4 rings (SSSR count). The van der Waals surface area contributed by atoms with E-state index in [1.807, 2.05) is 25.1 Å². The van der Waals surface area contributed by atoms with Gasteiger partial charge in [-0.3, -0.25) is 9.50 Å². The molecule has 0 saturated heterocycles. The molecule has 0 saturated carbocycles. The summed E-state index contributed by atoms with van der Waals surface area (Å²) in [5, 5.41) is 2.93. The molecule has 0 unspecified atom stereocenters. The summed E-state index contributed by atoms with van der Waals surface area (Å²) in [6, 6.07) is 16.7. The van der Waals surface area contributed by atoms with Crippen LogP contribution in [0.4, 0.5) is 19.2 Å². The Balaban J connectivity index is 0.00000342. The third kappa shape index (κ3) is 6.10. The lowest BCUT2D eigenvalue weighted by molar-refractivity contribution is 0.0175. The van der Waals surface area contributed by atoms with Crippen LogP contribution in [0, 0.1) is 6.92 Å². The molecule has 5 nitrogen and oxygen atoms in total. The number of halogens is 3. The molecule has 0 aliphatic heterocycles. The van der Waals surface area contributed by atoms with Crippen molar-refractivity contribution in [2.24, 2.45) is 0 Å². The van der Waals surface area contributed by atoms with Gasteiger partial charge in [0, 0.05) is 29.8 Å². The minimum Gasteiger partial charge on any atom is -0.322 e. The topological polar surface area (TPSA) is 75.3 Å². The van der Waals surface area contributed by atoms with E-state index in [0.29, 0.717) is 35.2 Å². The maximum Gasteiger partial charge on any atom is 0.270 e. The molecule has 3 aromatic carbocycles. The highest BCUT2D eigenvalue weighted by molar-refractivity contribution is 7.88. The number of benzene rings is 3. The van der Waals surface area contributed by atoms with Gasteiger partial charge in [0.1, 0.15) is 0 Å². The van der Waals surface area contributed by atoms with Gasteiger partial charge < -0.3 is 5.32 Å². The first-order valence-corrected chi connectivity index (χ1v) is 12.8. The first-order chi connectivity index (χ1) is 15.9. The summed E-state index contributed by atoms with van der Waals surface area (Å²) in [7, 11) is -3.30. The van der Waals surface area contributed by atoms with Crippen LogP contribution in [0.25, 0.3) is 11.1 Å². The molecule has 1 atom stereocenters. The molecule has 0 bridgehead atoms. The first kappa shape index (κ1) is 26.4. The highest BCUT2D eigenvalue weighted by Crippen LogP contribution is 2.33. The van der Waals surface area contributed by atoms with Crippen molar-refractivity contribution in [1.29, 1.82) is 0 Å². The van der Waals surface area contributed by atoms with Crippen molar-refractivity contribution in [3.05, 3.63) is 88.5 Å². The van der Waals surface area contributed by atoms with Crippen molar-refractivity contribution < 1.29 is 26.7 Å². The van der Waals surface area contributed by atoms with E-state index in [1.165, 1.54) is 12.1 Å². The third-order valence-corrected chi connectivity index (χ3v) is 6.74. The number of rotatable bonds is 6. The van der Waals surface area contributed by atoms with Gasteiger partial charge in [-0.05, 0) is 65.8 Å². The average molecular weight is 505 g/mol. The molecule has 0 radical (unpaired) electrons. The Labute approximate surface area is 203 Å². The van der Waals surface area contributed by atoms with Crippen LogP contribution >= 0.6 is 0 Å². The fraction of sp³-hybridized carbons (Fsp3) is 0.269. The number of hydrogen-bond acceptors (Lipinski definition) is 3. The SMILES string of the molecule is Cc1cccc(C(=O)Nc2ccc3c(c2)C[C@@H](NS(C)(=O)=O)C3)c1-c1ccc(C(C)(F)F)cc1.F. The van der Waals surface area contributed by atoms with E-state index in [9.17, 15) is 22.0 Å². The van der Waals surface area contributed by atoms with Crippen LogP contribution in [0.3, 0.4) is 0 Å². The predicted octanol–water partition coefficient (Wildman–Crippen LogP) is 5.19. The van der Waals surface area contributed by atoms with Crippen LogP contribution in [0.2, 0.25) is 0 Å². The molecule has 35 heavy (non-hydrogen) atoms. The molecular weight excluding hydrogens is 477 g/mol. The molecule has 1 amide bonds. The number of amides is 1. The molecule has 0 aromatic heterocycles. The summed E-state index contributed by atoms with van der Waals surface area (Å²) in [5.41, 5.74) is 5.21. The van der Waals surface area contributed by atoms with E-state index in [0.717, 1.165) is 29.9 Å². The van der Waals surface area contributed by atoms with Gasteiger partial charge in [0.05, 0.1) is 6.26 Å². The second-order valence-electron chi connectivity index (χ2n) is 8.90. The first-order valence-electron chi connectivity index (χ1n) is 10.9. The van der Waals surface area contributed by atoms with Gasteiger partial charge in [0.25, 0.3) is 11.8 Å². The minimum absolute atomic E-state index is 0. The quantitative estimate of drug-likeness (QED) is 0.485. The number of anilines is 1. The predicted molar refractivity (Wildman–Crippen MR) is 132 cm³/mol. The lowest BCUT2D eigenvalue weighted by Crippen LogP contribution is -2.34. The van der Waals surface area contributed by atoms with Crippen molar-refractivity contribution in [3.63, 3.8) is 0 Å². The zero-order valence-electron chi connectivity index (χ0n) is 19.6. The van der Waals surface area contributed by atoms with Gasteiger partial charge in [-0.15, -0.1) is 0 Å². The van der Waals surface area contributed by atoms with E-state index < -0.39 is 15.9 Å². The van der Waals surface area contributed by atoms with E-state index in [2.05, 4.69) is 10.0 Å². The molecule has 1 aliphatic rings. The number of fused-ring (bicyclic) bond motifs is 1. The minimum atomic E-state index is -3.30. The number of nitrogens with one attached hydrogen (secondary N) is 2. The van der Waals surface area contributed by atoms with Crippen molar-refractivity contribution >= 4 is 21.6 Å². The largest absolute Gasteiger partial charge is 0.322 e. The summed E-state index contributed by atoms with van der Waals surface area (Å²) in [6.07, 6.45) is 2.30. The molecule has 0 fully saturated rings.